The minimum Gasteiger partial charge on any atom is -0.378 e. The number of carbonyl (C=O) groups is 1. The van der Waals surface area contributed by atoms with Gasteiger partial charge in [0.2, 0.25) is 5.91 Å². The Morgan fingerprint density at radius 3 is 2.19 bits per heavy atom. The SMILES string of the molecule is CN(Cc1ccc(N(C)C)cc1)C(=O)Cn1c(=O)n(C)c2ccccc21. The van der Waals surface area contributed by atoms with Crippen molar-refractivity contribution in [3.8, 4) is 0 Å². The van der Waals surface area contributed by atoms with E-state index in [1.165, 1.54) is 4.57 Å². The number of hydrogen-bond donors (Lipinski definition) is 0. The van der Waals surface area contributed by atoms with Crippen LogP contribution in [0.25, 0.3) is 11.0 Å². The summed E-state index contributed by atoms with van der Waals surface area (Å²) in [7, 11) is 7.47. The number of nitrogens with zero attached hydrogens (tertiary/aromatic N) is 4. The van der Waals surface area contributed by atoms with Crippen molar-refractivity contribution in [3.05, 3.63) is 64.6 Å². The lowest BCUT2D eigenvalue weighted by Gasteiger charge is -2.18. The van der Waals surface area contributed by atoms with E-state index < -0.39 is 0 Å². The van der Waals surface area contributed by atoms with E-state index in [1.807, 2.05) is 67.5 Å². The molecule has 26 heavy (non-hydrogen) atoms. The van der Waals surface area contributed by atoms with Gasteiger partial charge in [0.1, 0.15) is 6.54 Å². The van der Waals surface area contributed by atoms with Crippen LogP contribution in [-0.2, 0) is 24.9 Å². The van der Waals surface area contributed by atoms with E-state index in [1.54, 1.807) is 23.6 Å². The fraction of sp³-hybridized carbons (Fsp3) is 0.300. The van der Waals surface area contributed by atoms with E-state index in [0.717, 1.165) is 22.3 Å². The summed E-state index contributed by atoms with van der Waals surface area (Å²) < 4.78 is 3.10. The van der Waals surface area contributed by atoms with Crippen molar-refractivity contribution in [1.82, 2.24) is 14.0 Å². The molecule has 0 aliphatic carbocycles. The Bertz CT molecular complexity index is 983. The molecular formula is C20H24N4O2. The first kappa shape index (κ1) is 17.8. The number of aromatic nitrogens is 2. The first-order valence-corrected chi connectivity index (χ1v) is 8.53. The quantitative estimate of drug-likeness (QED) is 0.706. The molecule has 0 unspecified atom stereocenters. The Morgan fingerprint density at radius 1 is 0.962 bits per heavy atom. The molecule has 0 N–H and O–H groups in total. The third kappa shape index (κ3) is 3.35. The van der Waals surface area contributed by atoms with Crippen LogP contribution >= 0.6 is 0 Å². The maximum atomic E-state index is 12.6. The van der Waals surface area contributed by atoms with Crippen molar-refractivity contribution in [1.29, 1.82) is 0 Å². The van der Waals surface area contributed by atoms with Gasteiger partial charge in [0.05, 0.1) is 11.0 Å². The van der Waals surface area contributed by atoms with Gasteiger partial charge in [0.25, 0.3) is 0 Å². The lowest BCUT2D eigenvalue weighted by Crippen LogP contribution is -2.33. The van der Waals surface area contributed by atoms with Crippen molar-refractivity contribution in [2.24, 2.45) is 7.05 Å². The Balaban J connectivity index is 1.76. The van der Waals surface area contributed by atoms with Crippen LogP contribution in [0.3, 0.4) is 0 Å². The number of likely N-dealkylation sites (N-methyl/N-ethyl adjacent to an activating group) is 1. The average molecular weight is 352 g/mol. The molecule has 3 rings (SSSR count). The predicted octanol–water partition coefficient (Wildman–Crippen LogP) is 2.06. The number of amides is 1. The molecule has 6 nitrogen and oxygen atoms in total. The molecule has 0 radical (unpaired) electrons. The summed E-state index contributed by atoms with van der Waals surface area (Å²) in [4.78, 5) is 28.8. The molecule has 2 aromatic carbocycles. The standard InChI is InChI=1S/C20H24N4O2/c1-21(2)16-11-9-15(10-12-16)13-22(3)19(25)14-24-18-8-6-5-7-17(18)23(4)20(24)26/h5-12H,13-14H2,1-4H3. The van der Waals surface area contributed by atoms with E-state index in [-0.39, 0.29) is 18.1 Å². The second-order valence-electron chi connectivity index (χ2n) is 6.73. The molecule has 136 valence electrons. The van der Waals surface area contributed by atoms with Crippen LogP contribution in [-0.4, -0.2) is 41.1 Å². The summed E-state index contributed by atoms with van der Waals surface area (Å²) in [6.07, 6.45) is 0. The highest BCUT2D eigenvalue weighted by atomic mass is 16.2. The molecule has 3 aromatic rings. The van der Waals surface area contributed by atoms with Gasteiger partial charge in [-0.3, -0.25) is 13.9 Å². The number of rotatable bonds is 5. The summed E-state index contributed by atoms with van der Waals surface area (Å²) in [6.45, 7) is 0.540. The van der Waals surface area contributed by atoms with Crippen molar-refractivity contribution in [2.45, 2.75) is 13.1 Å². The second kappa shape index (κ2) is 7.07. The highest BCUT2D eigenvalue weighted by Crippen LogP contribution is 2.14. The zero-order chi connectivity index (χ0) is 18.8. The summed E-state index contributed by atoms with van der Waals surface area (Å²) in [5, 5.41) is 0. The molecule has 0 saturated heterocycles. The number of anilines is 1. The predicted molar refractivity (Wildman–Crippen MR) is 104 cm³/mol. The zero-order valence-electron chi connectivity index (χ0n) is 15.6. The molecule has 1 amide bonds. The zero-order valence-corrected chi connectivity index (χ0v) is 15.6. The molecule has 0 aliphatic heterocycles. The van der Waals surface area contributed by atoms with Gasteiger partial charge in [-0.05, 0) is 29.8 Å². The number of fused-ring (bicyclic) bond motifs is 1. The van der Waals surface area contributed by atoms with Crippen LogP contribution in [0.15, 0.2) is 53.3 Å². The molecule has 0 fully saturated rings. The Hall–Kier alpha value is -3.02. The van der Waals surface area contributed by atoms with E-state index in [9.17, 15) is 9.59 Å². The maximum absolute atomic E-state index is 12.6. The minimum absolute atomic E-state index is 0.0342. The first-order chi connectivity index (χ1) is 12.4. The number of benzene rings is 2. The highest BCUT2D eigenvalue weighted by molar-refractivity contribution is 5.80. The Labute approximate surface area is 152 Å². The van der Waals surface area contributed by atoms with Crippen molar-refractivity contribution >= 4 is 22.6 Å². The van der Waals surface area contributed by atoms with Crippen molar-refractivity contribution in [2.75, 3.05) is 26.0 Å². The average Bonchev–Trinajstić information content (AvgIpc) is 2.87. The van der Waals surface area contributed by atoms with E-state index in [2.05, 4.69) is 0 Å². The van der Waals surface area contributed by atoms with Gasteiger partial charge in [0.15, 0.2) is 0 Å². The molecule has 6 heteroatoms. The van der Waals surface area contributed by atoms with E-state index >= 15 is 0 Å². The largest absolute Gasteiger partial charge is 0.378 e. The molecular weight excluding hydrogens is 328 g/mol. The van der Waals surface area contributed by atoms with E-state index in [4.69, 9.17) is 0 Å². The fourth-order valence-electron chi connectivity index (χ4n) is 3.03. The normalized spacial score (nSPS) is 10.9. The molecule has 0 aliphatic rings. The number of imidazole rings is 1. The van der Waals surface area contributed by atoms with Crippen LogP contribution in [0.5, 0.6) is 0 Å². The topological polar surface area (TPSA) is 50.5 Å². The molecule has 0 saturated carbocycles. The molecule has 1 aromatic heterocycles. The number of hydrogen-bond acceptors (Lipinski definition) is 3. The monoisotopic (exact) mass is 352 g/mol. The lowest BCUT2D eigenvalue weighted by molar-refractivity contribution is -0.131. The Morgan fingerprint density at radius 2 is 1.58 bits per heavy atom. The lowest BCUT2D eigenvalue weighted by atomic mass is 10.2. The van der Waals surface area contributed by atoms with Crippen molar-refractivity contribution in [3.63, 3.8) is 0 Å². The number of para-hydroxylation sites is 2. The fourth-order valence-corrected chi connectivity index (χ4v) is 3.03. The summed E-state index contributed by atoms with van der Waals surface area (Å²) in [5.74, 6) is -0.0971. The summed E-state index contributed by atoms with van der Waals surface area (Å²) in [5.41, 5.74) is 3.59. The summed E-state index contributed by atoms with van der Waals surface area (Å²) in [6, 6.07) is 15.6. The minimum atomic E-state index is -0.178. The van der Waals surface area contributed by atoms with Gasteiger partial charge in [-0.15, -0.1) is 0 Å². The van der Waals surface area contributed by atoms with Gasteiger partial charge in [-0.2, -0.15) is 0 Å². The van der Waals surface area contributed by atoms with Gasteiger partial charge in [-0.25, -0.2) is 4.79 Å². The Kier molecular flexibility index (Phi) is 4.84. The van der Waals surface area contributed by atoms with Gasteiger partial charge in [0, 0.05) is 40.4 Å². The maximum Gasteiger partial charge on any atom is 0.329 e. The number of carbonyl (C=O) groups excluding carboxylic acids is 1. The summed E-state index contributed by atoms with van der Waals surface area (Å²) >= 11 is 0. The molecule has 1 heterocycles. The third-order valence-corrected chi connectivity index (χ3v) is 4.64. The van der Waals surface area contributed by atoms with Gasteiger partial charge >= 0.3 is 5.69 Å². The molecule has 0 atom stereocenters. The van der Waals surface area contributed by atoms with E-state index in [0.29, 0.717) is 6.54 Å². The van der Waals surface area contributed by atoms with Crippen LogP contribution in [0, 0.1) is 0 Å². The second-order valence-corrected chi connectivity index (χ2v) is 6.73. The van der Waals surface area contributed by atoms with Crippen LogP contribution in [0.4, 0.5) is 5.69 Å². The third-order valence-electron chi connectivity index (χ3n) is 4.64. The molecule has 0 spiro atoms. The van der Waals surface area contributed by atoms with Gasteiger partial charge in [-0.1, -0.05) is 24.3 Å². The smallest absolute Gasteiger partial charge is 0.329 e. The highest BCUT2D eigenvalue weighted by Gasteiger charge is 2.16. The van der Waals surface area contributed by atoms with Gasteiger partial charge < -0.3 is 9.80 Å². The molecule has 0 bridgehead atoms. The first-order valence-electron chi connectivity index (χ1n) is 8.53. The van der Waals surface area contributed by atoms with Crippen LogP contribution < -0.4 is 10.6 Å². The van der Waals surface area contributed by atoms with Crippen molar-refractivity contribution < 1.29 is 4.79 Å². The van der Waals surface area contributed by atoms with Crippen LogP contribution in [0.1, 0.15) is 5.56 Å². The van der Waals surface area contributed by atoms with Crippen LogP contribution in [0.2, 0.25) is 0 Å². The number of aryl methyl sites for hydroxylation is 1.